The van der Waals surface area contributed by atoms with Crippen molar-refractivity contribution in [2.45, 2.75) is 20.8 Å². The van der Waals surface area contributed by atoms with E-state index in [0.717, 1.165) is 0 Å². The summed E-state index contributed by atoms with van der Waals surface area (Å²) in [5.74, 6) is -0.332. The van der Waals surface area contributed by atoms with Gasteiger partial charge in [0.25, 0.3) is 5.91 Å². The van der Waals surface area contributed by atoms with Gasteiger partial charge in [0.2, 0.25) is 5.91 Å². The molecule has 0 fully saturated rings. The highest BCUT2D eigenvalue weighted by Crippen LogP contribution is 2.13. The van der Waals surface area contributed by atoms with Crippen molar-refractivity contribution in [1.29, 1.82) is 0 Å². The highest BCUT2D eigenvalue weighted by Gasteiger charge is 2.21. The van der Waals surface area contributed by atoms with Crippen LogP contribution in [-0.4, -0.2) is 37.2 Å². The molecule has 23 heavy (non-hydrogen) atoms. The summed E-state index contributed by atoms with van der Waals surface area (Å²) in [6.07, 6.45) is 0. The van der Waals surface area contributed by atoms with Crippen LogP contribution >= 0.6 is 12.2 Å². The fourth-order valence-electron chi connectivity index (χ4n) is 1.53. The summed E-state index contributed by atoms with van der Waals surface area (Å²) < 4.78 is 4.87. The Balaban J connectivity index is 2.55. The maximum absolute atomic E-state index is 11.8. The number of hydrogen-bond acceptors (Lipinski definition) is 4. The molecule has 0 aliphatic carbocycles. The molecule has 1 aromatic carbocycles. The largest absolute Gasteiger partial charge is 0.383 e. The van der Waals surface area contributed by atoms with E-state index in [1.807, 2.05) is 20.8 Å². The summed E-state index contributed by atoms with van der Waals surface area (Å²) in [7, 11) is 1.58. The Labute approximate surface area is 142 Å². The Bertz CT molecular complexity index is 565. The molecule has 0 bridgehead atoms. The lowest BCUT2D eigenvalue weighted by atomic mass is 9.96. The average molecular weight is 337 g/mol. The molecule has 126 valence electrons. The lowest BCUT2D eigenvalue weighted by Gasteiger charge is -2.18. The van der Waals surface area contributed by atoms with Crippen LogP contribution in [0.3, 0.4) is 0 Å². The van der Waals surface area contributed by atoms with E-state index in [4.69, 9.17) is 17.0 Å². The van der Waals surface area contributed by atoms with Crippen molar-refractivity contribution in [2.24, 2.45) is 5.41 Å². The number of thiocarbonyl (C=S) groups is 1. The number of nitrogens with one attached hydrogen (secondary N) is 3. The highest BCUT2D eigenvalue weighted by atomic mass is 32.1. The van der Waals surface area contributed by atoms with E-state index in [9.17, 15) is 9.59 Å². The van der Waals surface area contributed by atoms with Crippen molar-refractivity contribution in [2.75, 3.05) is 25.6 Å². The van der Waals surface area contributed by atoms with Gasteiger partial charge in [-0.15, -0.1) is 0 Å². The third-order valence-corrected chi connectivity index (χ3v) is 3.11. The number of amides is 2. The standard InChI is InChI=1S/C16H23N3O3S/c1-16(2,3)14(21)19-15(23)18-12-7-5-11(6-8-12)13(20)17-9-10-22-4/h5-8H,9-10H2,1-4H3,(H,17,20)(H2,18,19,21,23). The molecule has 0 spiro atoms. The molecule has 2 amide bonds. The molecule has 6 nitrogen and oxygen atoms in total. The third-order valence-electron chi connectivity index (χ3n) is 2.90. The average Bonchev–Trinajstić information content (AvgIpc) is 2.47. The van der Waals surface area contributed by atoms with Crippen molar-refractivity contribution in [3.05, 3.63) is 29.8 Å². The van der Waals surface area contributed by atoms with E-state index in [1.165, 1.54) is 0 Å². The molecule has 0 atom stereocenters. The smallest absolute Gasteiger partial charge is 0.251 e. The quantitative estimate of drug-likeness (QED) is 0.565. The van der Waals surface area contributed by atoms with Gasteiger partial charge < -0.3 is 20.7 Å². The van der Waals surface area contributed by atoms with Crippen molar-refractivity contribution < 1.29 is 14.3 Å². The number of carbonyl (C=O) groups is 2. The molecule has 0 saturated carbocycles. The Hall–Kier alpha value is -1.99. The Morgan fingerprint density at radius 2 is 1.78 bits per heavy atom. The first-order chi connectivity index (χ1) is 10.7. The zero-order valence-electron chi connectivity index (χ0n) is 13.9. The minimum atomic E-state index is -0.518. The number of ether oxygens (including phenoxy) is 1. The normalized spacial score (nSPS) is 10.8. The summed E-state index contributed by atoms with van der Waals surface area (Å²) in [4.78, 5) is 23.7. The number of hydrogen-bond donors (Lipinski definition) is 3. The fraction of sp³-hybridized carbons (Fsp3) is 0.438. The molecule has 1 aromatic rings. The molecular weight excluding hydrogens is 314 g/mol. The van der Waals surface area contributed by atoms with Crippen LogP contribution in [0.5, 0.6) is 0 Å². The van der Waals surface area contributed by atoms with Gasteiger partial charge in [0.05, 0.1) is 6.61 Å². The Morgan fingerprint density at radius 3 is 2.30 bits per heavy atom. The van der Waals surface area contributed by atoms with Gasteiger partial charge in [-0.2, -0.15) is 0 Å². The molecule has 1 rings (SSSR count). The van der Waals surface area contributed by atoms with Gasteiger partial charge >= 0.3 is 0 Å². The molecule has 0 aliphatic rings. The van der Waals surface area contributed by atoms with E-state index in [-0.39, 0.29) is 16.9 Å². The van der Waals surface area contributed by atoms with Crippen LogP contribution in [0.25, 0.3) is 0 Å². The summed E-state index contributed by atoms with van der Waals surface area (Å²) in [6.45, 7) is 6.34. The number of rotatable bonds is 5. The lowest BCUT2D eigenvalue weighted by Crippen LogP contribution is -2.41. The Morgan fingerprint density at radius 1 is 1.17 bits per heavy atom. The van der Waals surface area contributed by atoms with E-state index in [1.54, 1.807) is 31.4 Å². The van der Waals surface area contributed by atoms with Crippen LogP contribution in [-0.2, 0) is 9.53 Å². The topological polar surface area (TPSA) is 79.5 Å². The first kappa shape index (κ1) is 19.1. The third kappa shape index (κ3) is 6.75. The number of benzene rings is 1. The van der Waals surface area contributed by atoms with Gasteiger partial charge in [-0.3, -0.25) is 9.59 Å². The molecule has 0 heterocycles. The molecular formula is C16H23N3O3S. The van der Waals surface area contributed by atoms with Crippen LogP contribution in [0.2, 0.25) is 0 Å². The summed E-state index contributed by atoms with van der Waals surface area (Å²) in [5.41, 5.74) is 0.713. The number of methoxy groups -OCH3 is 1. The number of carbonyl (C=O) groups excluding carboxylic acids is 2. The van der Waals surface area contributed by atoms with Gasteiger partial charge in [-0.25, -0.2) is 0 Å². The zero-order valence-corrected chi connectivity index (χ0v) is 14.7. The first-order valence-electron chi connectivity index (χ1n) is 7.23. The van der Waals surface area contributed by atoms with Gasteiger partial charge in [0.1, 0.15) is 0 Å². The van der Waals surface area contributed by atoms with Gasteiger partial charge in [-0.05, 0) is 36.5 Å². The van der Waals surface area contributed by atoms with Gasteiger partial charge in [0, 0.05) is 30.3 Å². The van der Waals surface area contributed by atoms with Gasteiger partial charge in [-0.1, -0.05) is 20.8 Å². The monoisotopic (exact) mass is 337 g/mol. The maximum atomic E-state index is 11.8. The van der Waals surface area contributed by atoms with E-state index < -0.39 is 5.41 Å². The molecule has 0 unspecified atom stereocenters. The second-order valence-corrected chi connectivity index (χ2v) is 6.39. The maximum Gasteiger partial charge on any atom is 0.251 e. The van der Waals surface area contributed by atoms with Crippen LogP contribution in [0.4, 0.5) is 5.69 Å². The molecule has 0 aliphatic heterocycles. The highest BCUT2D eigenvalue weighted by molar-refractivity contribution is 7.80. The van der Waals surface area contributed by atoms with Crippen molar-refractivity contribution in [3.8, 4) is 0 Å². The van der Waals surface area contributed by atoms with Gasteiger partial charge in [0.15, 0.2) is 5.11 Å². The SMILES string of the molecule is COCCNC(=O)c1ccc(NC(=S)NC(=O)C(C)(C)C)cc1. The van der Waals surface area contributed by atoms with E-state index in [0.29, 0.717) is 24.4 Å². The lowest BCUT2D eigenvalue weighted by molar-refractivity contribution is -0.126. The molecule has 0 radical (unpaired) electrons. The minimum absolute atomic E-state index is 0.163. The summed E-state index contributed by atoms with van der Waals surface area (Å²) >= 11 is 5.10. The number of anilines is 1. The predicted molar refractivity (Wildman–Crippen MR) is 94.5 cm³/mol. The molecule has 0 aromatic heterocycles. The Kier molecular flexibility index (Phi) is 7.12. The molecule has 0 saturated heterocycles. The summed E-state index contributed by atoms with van der Waals surface area (Å²) in [5, 5.41) is 8.50. The van der Waals surface area contributed by atoms with Crippen LogP contribution in [0, 0.1) is 5.41 Å². The van der Waals surface area contributed by atoms with E-state index >= 15 is 0 Å². The predicted octanol–water partition coefficient (Wildman–Crippen LogP) is 1.92. The van der Waals surface area contributed by atoms with Crippen molar-refractivity contribution in [3.63, 3.8) is 0 Å². The first-order valence-corrected chi connectivity index (χ1v) is 7.64. The van der Waals surface area contributed by atoms with Crippen LogP contribution in [0.1, 0.15) is 31.1 Å². The molecule has 3 N–H and O–H groups in total. The zero-order chi connectivity index (χ0) is 17.5. The second-order valence-electron chi connectivity index (χ2n) is 5.98. The van der Waals surface area contributed by atoms with E-state index in [2.05, 4.69) is 16.0 Å². The second kappa shape index (κ2) is 8.59. The van der Waals surface area contributed by atoms with Crippen molar-refractivity contribution in [1.82, 2.24) is 10.6 Å². The van der Waals surface area contributed by atoms with Crippen LogP contribution < -0.4 is 16.0 Å². The van der Waals surface area contributed by atoms with Crippen molar-refractivity contribution >= 4 is 34.8 Å². The minimum Gasteiger partial charge on any atom is -0.383 e. The summed E-state index contributed by atoms with van der Waals surface area (Å²) in [6, 6.07) is 6.80. The fourth-order valence-corrected chi connectivity index (χ4v) is 1.74. The van der Waals surface area contributed by atoms with Crippen LogP contribution in [0.15, 0.2) is 24.3 Å². The molecule has 7 heteroatoms.